The number of ether oxygens (including phenoxy) is 1. The number of rotatable bonds is 5. The number of nitrogens with one attached hydrogen (secondary N) is 1. The van der Waals surface area contributed by atoms with Crippen LogP contribution in [0.1, 0.15) is 30.4 Å². The van der Waals surface area contributed by atoms with Gasteiger partial charge in [-0.25, -0.2) is 0 Å². The first-order chi connectivity index (χ1) is 10.6. The molecule has 2 aliphatic heterocycles. The number of fused-ring (bicyclic) bond motifs is 1. The van der Waals surface area contributed by atoms with Crippen LogP contribution >= 0.6 is 0 Å². The van der Waals surface area contributed by atoms with Gasteiger partial charge >= 0.3 is 5.97 Å². The summed E-state index contributed by atoms with van der Waals surface area (Å²) in [6, 6.07) is 5.99. The Bertz CT molecular complexity index is 555. The molecule has 0 aliphatic carbocycles. The predicted octanol–water partition coefficient (Wildman–Crippen LogP) is 1.61. The highest BCUT2D eigenvalue weighted by Crippen LogP contribution is 2.37. The van der Waals surface area contributed by atoms with E-state index in [4.69, 9.17) is 4.74 Å². The van der Waals surface area contributed by atoms with E-state index < -0.39 is 11.5 Å². The van der Waals surface area contributed by atoms with Crippen LogP contribution in [0.3, 0.4) is 0 Å². The number of likely N-dealkylation sites (tertiary alicyclic amines) is 1. The van der Waals surface area contributed by atoms with Crippen LogP contribution in [-0.2, 0) is 16.8 Å². The molecule has 2 heterocycles. The molecule has 22 heavy (non-hydrogen) atoms. The smallest absolute Gasteiger partial charge is 0.305 e. The van der Waals surface area contributed by atoms with Crippen molar-refractivity contribution >= 4 is 5.97 Å². The van der Waals surface area contributed by atoms with Crippen molar-refractivity contribution in [3.8, 4) is 5.75 Å². The van der Waals surface area contributed by atoms with Gasteiger partial charge in [-0.2, -0.15) is 0 Å². The summed E-state index contributed by atoms with van der Waals surface area (Å²) in [6.45, 7) is 3.65. The lowest BCUT2D eigenvalue weighted by molar-refractivity contribution is -0.139. The van der Waals surface area contributed by atoms with Crippen molar-refractivity contribution < 1.29 is 14.6 Å². The lowest BCUT2D eigenvalue weighted by Gasteiger charge is -2.42. The molecule has 2 N–H and O–H groups in total. The van der Waals surface area contributed by atoms with Crippen LogP contribution in [0.2, 0.25) is 0 Å². The van der Waals surface area contributed by atoms with E-state index in [1.165, 1.54) is 12.8 Å². The van der Waals surface area contributed by atoms with Gasteiger partial charge in [-0.05, 0) is 44.0 Å². The first-order valence-corrected chi connectivity index (χ1v) is 8.00. The third-order valence-corrected chi connectivity index (χ3v) is 4.85. The molecule has 0 bridgehead atoms. The van der Waals surface area contributed by atoms with Gasteiger partial charge in [0.05, 0.1) is 19.1 Å². The molecule has 1 atom stereocenters. The molecule has 1 aromatic rings. The Hall–Kier alpha value is -1.59. The minimum absolute atomic E-state index is 0.101. The highest BCUT2D eigenvalue weighted by molar-refractivity contribution is 5.69. The van der Waals surface area contributed by atoms with Crippen LogP contribution in [0.15, 0.2) is 18.2 Å². The highest BCUT2D eigenvalue weighted by Gasteiger charge is 2.41. The summed E-state index contributed by atoms with van der Waals surface area (Å²) in [5.74, 6) is 0.109. The molecule has 1 fully saturated rings. The summed E-state index contributed by atoms with van der Waals surface area (Å²) in [5.41, 5.74) is 1.73. The Labute approximate surface area is 131 Å². The molecular formula is C17H24N2O3. The average molecular weight is 304 g/mol. The van der Waals surface area contributed by atoms with Gasteiger partial charge in [-0.15, -0.1) is 0 Å². The van der Waals surface area contributed by atoms with Crippen LogP contribution < -0.4 is 10.1 Å². The molecular weight excluding hydrogens is 280 g/mol. The predicted molar refractivity (Wildman–Crippen MR) is 84.3 cm³/mol. The zero-order valence-corrected chi connectivity index (χ0v) is 13.1. The summed E-state index contributed by atoms with van der Waals surface area (Å²) in [4.78, 5) is 13.9. The van der Waals surface area contributed by atoms with Gasteiger partial charge in [-0.1, -0.05) is 12.1 Å². The van der Waals surface area contributed by atoms with Crippen molar-refractivity contribution in [2.45, 2.75) is 31.2 Å². The first-order valence-electron chi connectivity index (χ1n) is 8.00. The lowest BCUT2D eigenvalue weighted by Crippen LogP contribution is -2.55. The molecule has 0 spiro atoms. The summed E-state index contributed by atoms with van der Waals surface area (Å²) in [6.07, 6.45) is 3.38. The molecule has 1 unspecified atom stereocenters. The standard InChI is InChI=1S/C17H24N2O3/c1-22-15-6-4-5-14-13(15)7-8-18-17(14,11-16(20)21)12-19-9-2-3-10-19/h4-6,18H,2-3,7-12H2,1H3,(H,20,21). The Morgan fingerprint density at radius 3 is 2.86 bits per heavy atom. The Morgan fingerprint density at radius 1 is 1.41 bits per heavy atom. The fourth-order valence-corrected chi connectivity index (χ4v) is 3.92. The quantitative estimate of drug-likeness (QED) is 0.865. The number of nitrogens with zero attached hydrogens (tertiary/aromatic N) is 1. The summed E-state index contributed by atoms with van der Waals surface area (Å²) >= 11 is 0. The monoisotopic (exact) mass is 304 g/mol. The van der Waals surface area contributed by atoms with Gasteiger partial charge in [-0.3, -0.25) is 4.79 Å². The number of hydrogen-bond donors (Lipinski definition) is 2. The number of carboxylic acid groups (broad SMARTS) is 1. The average Bonchev–Trinajstić information content (AvgIpc) is 2.99. The Morgan fingerprint density at radius 2 is 2.18 bits per heavy atom. The van der Waals surface area contributed by atoms with Crippen molar-refractivity contribution in [1.29, 1.82) is 0 Å². The SMILES string of the molecule is COc1cccc2c1CCNC2(CC(=O)O)CN1CCCC1. The van der Waals surface area contributed by atoms with E-state index in [2.05, 4.69) is 16.3 Å². The second kappa shape index (κ2) is 6.26. The maximum absolute atomic E-state index is 11.5. The van der Waals surface area contributed by atoms with Gasteiger partial charge < -0.3 is 20.1 Å². The number of carboxylic acids is 1. The fraction of sp³-hybridized carbons (Fsp3) is 0.588. The van der Waals surface area contributed by atoms with E-state index in [9.17, 15) is 9.90 Å². The molecule has 3 rings (SSSR count). The maximum Gasteiger partial charge on any atom is 0.305 e. The van der Waals surface area contributed by atoms with Crippen molar-refractivity contribution in [3.63, 3.8) is 0 Å². The molecule has 5 heteroatoms. The van der Waals surface area contributed by atoms with E-state index in [-0.39, 0.29) is 6.42 Å². The topological polar surface area (TPSA) is 61.8 Å². The van der Waals surface area contributed by atoms with Gasteiger partial charge in [0.1, 0.15) is 5.75 Å². The third kappa shape index (κ3) is 2.83. The van der Waals surface area contributed by atoms with Crippen molar-refractivity contribution in [3.05, 3.63) is 29.3 Å². The first kappa shape index (κ1) is 15.3. The highest BCUT2D eigenvalue weighted by atomic mass is 16.5. The normalized spacial score (nSPS) is 25.0. The van der Waals surface area contributed by atoms with Crippen LogP contribution in [0.5, 0.6) is 5.75 Å². The van der Waals surface area contributed by atoms with Gasteiger partial charge in [0.25, 0.3) is 0 Å². The van der Waals surface area contributed by atoms with Gasteiger partial charge in [0.15, 0.2) is 0 Å². The van der Waals surface area contributed by atoms with E-state index in [0.29, 0.717) is 0 Å². The fourth-order valence-electron chi connectivity index (χ4n) is 3.92. The molecule has 120 valence electrons. The molecule has 2 aliphatic rings. The van der Waals surface area contributed by atoms with Crippen molar-refractivity contribution in [1.82, 2.24) is 10.2 Å². The summed E-state index contributed by atoms with van der Waals surface area (Å²) in [7, 11) is 1.68. The van der Waals surface area contributed by atoms with Gasteiger partial charge in [0.2, 0.25) is 0 Å². The lowest BCUT2D eigenvalue weighted by atomic mass is 9.79. The van der Waals surface area contributed by atoms with Crippen molar-refractivity contribution in [2.75, 3.05) is 33.3 Å². The zero-order valence-electron chi connectivity index (χ0n) is 13.1. The van der Waals surface area contributed by atoms with Crippen LogP contribution in [0.25, 0.3) is 0 Å². The second-order valence-corrected chi connectivity index (χ2v) is 6.30. The molecule has 1 saturated heterocycles. The summed E-state index contributed by atoms with van der Waals surface area (Å²) in [5, 5.41) is 13.0. The second-order valence-electron chi connectivity index (χ2n) is 6.30. The number of hydrogen-bond acceptors (Lipinski definition) is 4. The number of benzene rings is 1. The molecule has 1 aromatic carbocycles. The molecule has 0 aromatic heterocycles. The number of aliphatic carboxylic acids is 1. The van der Waals surface area contributed by atoms with Crippen LogP contribution in [-0.4, -0.2) is 49.3 Å². The third-order valence-electron chi connectivity index (χ3n) is 4.85. The van der Waals surface area contributed by atoms with Gasteiger partial charge in [0, 0.05) is 18.7 Å². The van der Waals surface area contributed by atoms with Crippen LogP contribution in [0.4, 0.5) is 0 Å². The largest absolute Gasteiger partial charge is 0.496 e. The summed E-state index contributed by atoms with van der Waals surface area (Å²) < 4.78 is 5.49. The van der Waals surface area contributed by atoms with E-state index in [0.717, 1.165) is 49.5 Å². The Balaban J connectivity index is 2.01. The molecule has 0 amide bonds. The van der Waals surface area contributed by atoms with E-state index >= 15 is 0 Å². The Kier molecular flexibility index (Phi) is 4.36. The van der Waals surface area contributed by atoms with Crippen molar-refractivity contribution in [2.24, 2.45) is 0 Å². The maximum atomic E-state index is 11.5. The van der Waals surface area contributed by atoms with E-state index in [1.54, 1.807) is 7.11 Å². The van der Waals surface area contributed by atoms with Crippen LogP contribution in [0, 0.1) is 0 Å². The number of carbonyl (C=O) groups is 1. The molecule has 0 saturated carbocycles. The van der Waals surface area contributed by atoms with E-state index in [1.807, 2.05) is 12.1 Å². The number of methoxy groups -OCH3 is 1. The minimum Gasteiger partial charge on any atom is -0.496 e. The molecule has 0 radical (unpaired) electrons. The minimum atomic E-state index is -0.762. The zero-order chi connectivity index (χ0) is 15.6. The molecule has 5 nitrogen and oxygen atoms in total.